The fourth-order valence-corrected chi connectivity index (χ4v) is 1.77. The molecule has 1 heterocycles. The molecule has 0 aliphatic rings. The van der Waals surface area contributed by atoms with Crippen molar-refractivity contribution in [3.8, 4) is 5.75 Å². The average Bonchev–Trinajstić information content (AvgIpc) is 2.46. The monoisotopic (exact) mass is 271 g/mol. The zero-order valence-electron chi connectivity index (χ0n) is 11.6. The van der Waals surface area contributed by atoms with Gasteiger partial charge in [0.25, 0.3) is 0 Å². The number of aromatic nitrogens is 1. The highest BCUT2D eigenvalue weighted by Crippen LogP contribution is 2.21. The summed E-state index contributed by atoms with van der Waals surface area (Å²) in [5.74, 6) is 0.438. The molecule has 0 radical (unpaired) electrons. The molecule has 1 aromatic carbocycles. The summed E-state index contributed by atoms with van der Waals surface area (Å²) < 4.78 is 10.8. The topological polar surface area (TPSA) is 48.4 Å². The third kappa shape index (κ3) is 3.82. The molecule has 0 amide bonds. The third-order valence-electron chi connectivity index (χ3n) is 2.91. The first-order valence-electron chi connectivity index (χ1n) is 6.41. The Balaban J connectivity index is 2.04. The minimum Gasteiger partial charge on any atom is -0.489 e. The molecule has 1 aromatic heterocycles. The van der Waals surface area contributed by atoms with E-state index in [1.54, 1.807) is 6.20 Å². The van der Waals surface area contributed by atoms with E-state index in [9.17, 15) is 4.79 Å². The van der Waals surface area contributed by atoms with Gasteiger partial charge in [0.05, 0.1) is 5.69 Å². The average molecular weight is 271 g/mol. The van der Waals surface area contributed by atoms with Crippen molar-refractivity contribution < 1.29 is 14.3 Å². The molecule has 104 valence electrons. The van der Waals surface area contributed by atoms with E-state index in [-0.39, 0.29) is 12.6 Å². The van der Waals surface area contributed by atoms with Crippen molar-refractivity contribution in [2.24, 2.45) is 0 Å². The summed E-state index contributed by atoms with van der Waals surface area (Å²) in [6.45, 7) is 3.96. The first kappa shape index (κ1) is 14.1. The lowest BCUT2D eigenvalue weighted by atomic mass is 10.2. The predicted octanol–water partition coefficient (Wildman–Crippen LogP) is 3.03. The molecule has 2 aromatic rings. The third-order valence-corrected chi connectivity index (χ3v) is 2.91. The summed E-state index contributed by atoms with van der Waals surface area (Å²) in [6.07, 6.45) is 1.66. The maximum atomic E-state index is 10.8. The van der Waals surface area contributed by atoms with Crippen LogP contribution in [0.15, 0.2) is 42.6 Å². The Kier molecular flexibility index (Phi) is 4.71. The first-order valence-corrected chi connectivity index (χ1v) is 6.41. The van der Waals surface area contributed by atoms with Crippen LogP contribution in [0.3, 0.4) is 0 Å². The second-order valence-corrected chi connectivity index (χ2v) is 4.44. The lowest BCUT2D eigenvalue weighted by Gasteiger charge is -2.12. The maximum Gasteiger partial charge on any atom is 0.303 e. The number of hydrogen-bond donors (Lipinski definition) is 0. The van der Waals surface area contributed by atoms with Crippen molar-refractivity contribution in [2.45, 2.75) is 27.1 Å². The Morgan fingerprint density at radius 2 is 1.90 bits per heavy atom. The molecule has 0 unspecified atom stereocenters. The summed E-state index contributed by atoms with van der Waals surface area (Å²) in [5.41, 5.74) is 2.71. The molecule has 0 fully saturated rings. The number of carbonyl (C=O) groups is 1. The van der Waals surface area contributed by atoms with Crippen LogP contribution in [-0.2, 0) is 22.7 Å². The fourth-order valence-electron chi connectivity index (χ4n) is 1.77. The van der Waals surface area contributed by atoms with Gasteiger partial charge in [-0.25, -0.2) is 0 Å². The van der Waals surface area contributed by atoms with Gasteiger partial charge in [-0.1, -0.05) is 30.3 Å². The molecule has 4 nitrogen and oxygen atoms in total. The molecule has 0 atom stereocenters. The summed E-state index contributed by atoms with van der Waals surface area (Å²) >= 11 is 0. The Morgan fingerprint density at radius 3 is 2.60 bits per heavy atom. The first-order chi connectivity index (χ1) is 9.66. The summed E-state index contributed by atoms with van der Waals surface area (Å²) in [7, 11) is 0. The van der Waals surface area contributed by atoms with Crippen LogP contribution in [0.1, 0.15) is 23.7 Å². The smallest absolute Gasteiger partial charge is 0.303 e. The van der Waals surface area contributed by atoms with Crippen molar-refractivity contribution in [3.63, 3.8) is 0 Å². The van der Waals surface area contributed by atoms with Gasteiger partial charge < -0.3 is 9.47 Å². The number of esters is 1. The zero-order chi connectivity index (χ0) is 14.4. The van der Waals surface area contributed by atoms with Gasteiger partial charge in [-0.15, -0.1) is 0 Å². The molecule has 0 bridgehead atoms. The fraction of sp³-hybridized carbons (Fsp3) is 0.250. The zero-order valence-corrected chi connectivity index (χ0v) is 11.6. The molecule has 0 saturated carbocycles. The Morgan fingerprint density at radius 1 is 1.15 bits per heavy atom. The molecule has 0 spiro atoms. The van der Waals surface area contributed by atoms with E-state index in [1.165, 1.54) is 6.92 Å². The van der Waals surface area contributed by atoms with E-state index in [0.717, 1.165) is 16.9 Å². The van der Waals surface area contributed by atoms with Gasteiger partial charge in [0.2, 0.25) is 0 Å². The quantitative estimate of drug-likeness (QED) is 0.784. The van der Waals surface area contributed by atoms with Gasteiger partial charge in [0.15, 0.2) is 0 Å². The van der Waals surface area contributed by atoms with Crippen LogP contribution >= 0.6 is 0 Å². The van der Waals surface area contributed by atoms with Crippen LogP contribution in [0.2, 0.25) is 0 Å². The second-order valence-electron chi connectivity index (χ2n) is 4.44. The van der Waals surface area contributed by atoms with E-state index in [0.29, 0.717) is 12.3 Å². The molecule has 0 aliphatic heterocycles. The van der Waals surface area contributed by atoms with E-state index in [1.807, 2.05) is 43.3 Å². The highest BCUT2D eigenvalue weighted by molar-refractivity contribution is 5.65. The highest BCUT2D eigenvalue weighted by atomic mass is 16.5. The minimum absolute atomic E-state index is 0.170. The molecule has 0 saturated heterocycles. The number of pyridine rings is 1. The maximum absolute atomic E-state index is 10.8. The number of carbonyl (C=O) groups excluding carboxylic acids is 1. The van der Waals surface area contributed by atoms with Crippen LogP contribution in [0.5, 0.6) is 5.75 Å². The van der Waals surface area contributed by atoms with Crippen LogP contribution in [0, 0.1) is 6.92 Å². The Bertz CT molecular complexity index is 582. The standard InChI is InChI=1S/C16H17NO3/c1-12-15(11-19-13(2)18)17-9-8-16(12)20-10-14-6-4-3-5-7-14/h3-9H,10-11H2,1-2H3. The second kappa shape index (κ2) is 6.70. The summed E-state index contributed by atoms with van der Waals surface area (Å²) in [5, 5.41) is 0. The van der Waals surface area contributed by atoms with Crippen molar-refractivity contribution in [1.82, 2.24) is 4.98 Å². The van der Waals surface area contributed by atoms with Crippen LogP contribution in [-0.4, -0.2) is 11.0 Å². The lowest BCUT2D eigenvalue weighted by molar-refractivity contribution is -0.142. The van der Waals surface area contributed by atoms with Crippen molar-refractivity contribution in [1.29, 1.82) is 0 Å². The molecule has 20 heavy (non-hydrogen) atoms. The predicted molar refractivity (Wildman–Crippen MR) is 75.2 cm³/mol. The van der Waals surface area contributed by atoms with Gasteiger partial charge in [0, 0.05) is 18.7 Å². The molecular weight excluding hydrogens is 254 g/mol. The van der Waals surface area contributed by atoms with E-state index in [2.05, 4.69) is 4.98 Å². The minimum atomic E-state index is -0.318. The van der Waals surface area contributed by atoms with Gasteiger partial charge in [-0.3, -0.25) is 9.78 Å². The van der Waals surface area contributed by atoms with Crippen LogP contribution in [0.25, 0.3) is 0 Å². The van der Waals surface area contributed by atoms with Gasteiger partial charge in [-0.2, -0.15) is 0 Å². The molecule has 0 N–H and O–H groups in total. The van der Waals surface area contributed by atoms with Crippen molar-refractivity contribution in [2.75, 3.05) is 0 Å². The van der Waals surface area contributed by atoms with E-state index < -0.39 is 0 Å². The Hall–Kier alpha value is -2.36. The number of rotatable bonds is 5. The van der Waals surface area contributed by atoms with Crippen LogP contribution in [0.4, 0.5) is 0 Å². The molecular formula is C16H17NO3. The number of nitrogens with zero attached hydrogens (tertiary/aromatic N) is 1. The number of hydrogen-bond acceptors (Lipinski definition) is 4. The highest BCUT2D eigenvalue weighted by Gasteiger charge is 2.08. The Labute approximate surface area is 118 Å². The van der Waals surface area contributed by atoms with Crippen molar-refractivity contribution >= 4 is 5.97 Å². The number of ether oxygens (including phenoxy) is 2. The van der Waals surface area contributed by atoms with Crippen LogP contribution < -0.4 is 4.74 Å². The normalized spacial score (nSPS) is 10.1. The molecule has 2 rings (SSSR count). The van der Waals surface area contributed by atoms with Gasteiger partial charge in [-0.05, 0) is 18.6 Å². The largest absolute Gasteiger partial charge is 0.489 e. The van der Waals surface area contributed by atoms with Gasteiger partial charge in [0.1, 0.15) is 19.0 Å². The summed E-state index contributed by atoms with van der Waals surface area (Å²) in [6, 6.07) is 11.8. The molecule has 0 aliphatic carbocycles. The van der Waals surface area contributed by atoms with Crippen molar-refractivity contribution in [3.05, 3.63) is 59.4 Å². The lowest BCUT2D eigenvalue weighted by Crippen LogP contribution is -2.05. The number of benzene rings is 1. The summed E-state index contributed by atoms with van der Waals surface area (Å²) in [4.78, 5) is 15.1. The SMILES string of the molecule is CC(=O)OCc1nccc(OCc2ccccc2)c1C. The van der Waals surface area contributed by atoms with Gasteiger partial charge >= 0.3 is 5.97 Å². The van der Waals surface area contributed by atoms with E-state index >= 15 is 0 Å². The molecule has 4 heteroatoms. The van der Waals surface area contributed by atoms with E-state index in [4.69, 9.17) is 9.47 Å².